The van der Waals surface area contributed by atoms with E-state index in [1.54, 1.807) is 13.2 Å². The molecule has 2 fully saturated rings. The largest absolute Gasteiger partial charge is 0.504 e. The number of hydrogen-bond donors (Lipinski definition) is 3. The number of ether oxygens (including phenoxy) is 2. The van der Waals surface area contributed by atoms with Crippen LogP contribution in [0.4, 0.5) is 0 Å². The number of aliphatic hydroxyl groups is 1. The fourth-order valence-electron chi connectivity index (χ4n) is 7.39. The second-order valence-corrected chi connectivity index (χ2v) is 11.0. The summed E-state index contributed by atoms with van der Waals surface area (Å²) in [5.74, 6) is 0.744. The molecule has 7 rings (SSSR count). The average molecular weight is 398 g/mol. The number of benzene rings is 1. The maximum Gasteiger partial charge on any atom is 0.166 e. The van der Waals surface area contributed by atoms with Gasteiger partial charge in [-0.25, -0.2) is 0 Å². The number of hydrogen-bond acceptors (Lipinski definition) is 5. The van der Waals surface area contributed by atoms with Crippen LogP contribution in [0.5, 0.6) is 11.5 Å². The molecule has 156 valence electrons. The van der Waals surface area contributed by atoms with Crippen LogP contribution in [-0.2, 0) is 16.6 Å². The van der Waals surface area contributed by atoms with Crippen LogP contribution in [0.25, 0.3) is 0 Å². The minimum atomic E-state index is -0.944. The molecule has 3 N–H and O–H groups in total. The Balaban J connectivity index is 1.67. The van der Waals surface area contributed by atoms with Gasteiger partial charge in [0.15, 0.2) is 11.5 Å². The summed E-state index contributed by atoms with van der Waals surface area (Å²) in [6, 6.07) is 4.09. The Hall–Kier alpha value is -1.56. The van der Waals surface area contributed by atoms with Crippen LogP contribution in [0.2, 0.25) is 0 Å². The van der Waals surface area contributed by atoms with Gasteiger partial charge in [0.1, 0.15) is 11.7 Å². The SMILES string of the molecule is CO[C@@]12CC(=C3C4Cc5ccc(O)c6c5[C@@]3(CCN4)[C@H]1O6)[C@@H]2C(C)(O)C(C)(C)C. The first-order valence-electron chi connectivity index (χ1n) is 10.9. The van der Waals surface area contributed by atoms with Crippen LogP contribution in [0.15, 0.2) is 23.3 Å². The van der Waals surface area contributed by atoms with E-state index in [-0.39, 0.29) is 34.6 Å². The summed E-state index contributed by atoms with van der Waals surface area (Å²) >= 11 is 0. The van der Waals surface area contributed by atoms with Crippen molar-refractivity contribution in [1.29, 1.82) is 0 Å². The maximum absolute atomic E-state index is 11.8. The van der Waals surface area contributed by atoms with E-state index in [1.807, 2.05) is 6.92 Å². The minimum absolute atomic E-state index is 0.117. The van der Waals surface area contributed by atoms with Gasteiger partial charge in [-0.3, -0.25) is 0 Å². The van der Waals surface area contributed by atoms with Gasteiger partial charge in [0.25, 0.3) is 0 Å². The van der Waals surface area contributed by atoms with E-state index in [9.17, 15) is 10.2 Å². The molecule has 2 heterocycles. The first-order valence-corrected chi connectivity index (χ1v) is 10.9. The summed E-state index contributed by atoms with van der Waals surface area (Å²) in [5, 5.41) is 26.2. The number of methoxy groups -OCH3 is 1. The molecule has 2 aliphatic heterocycles. The number of nitrogens with one attached hydrogen (secondary N) is 1. The molecular weight excluding hydrogens is 366 g/mol. The van der Waals surface area contributed by atoms with E-state index in [0.29, 0.717) is 5.75 Å². The van der Waals surface area contributed by atoms with Crippen molar-refractivity contribution in [2.24, 2.45) is 11.3 Å². The monoisotopic (exact) mass is 397 g/mol. The Kier molecular flexibility index (Phi) is 3.15. The molecule has 0 radical (unpaired) electrons. The predicted octanol–water partition coefficient (Wildman–Crippen LogP) is 2.82. The molecule has 2 unspecified atom stereocenters. The molecule has 0 amide bonds. The molecule has 4 bridgehead atoms. The number of aromatic hydroxyl groups is 1. The molecule has 29 heavy (non-hydrogen) atoms. The molecule has 1 saturated heterocycles. The van der Waals surface area contributed by atoms with Crippen LogP contribution >= 0.6 is 0 Å². The quantitative estimate of drug-likeness (QED) is 0.670. The van der Waals surface area contributed by atoms with Crippen molar-refractivity contribution in [2.45, 2.75) is 75.7 Å². The number of phenols is 1. The zero-order valence-corrected chi connectivity index (χ0v) is 17.9. The molecule has 4 aliphatic carbocycles. The Morgan fingerprint density at radius 3 is 2.69 bits per heavy atom. The highest BCUT2D eigenvalue weighted by atomic mass is 16.6. The smallest absolute Gasteiger partial charge is 0.166 e. The molecule has 1 aromatic carbocycles. The summed E-state index contributed by atoms with van der Waals surface area (Å²) in [4.78, 5) is 0. The maximum atomic E-state index is 11.8. The first-order chi connectivity index (χ1) is 13.6. The number of phenolic OH excluding ortho intramolecular Hbond substituents is 1. The van der Waals surface area contributed by atoms with Crippen molar-refractivity contribution in [3.63, 3.8) is 0 Å². The van der Waals surface area contributed by atoms with E-state index in [0.717, 1.165) is 25.8 Å². The van der Waals surface area contributed by atoms with E-state index < -0.39 is 11.2 Å². The fourth-order valence-corrected chi connectivity index (χ4v) is 7.39. The summed E-state index contributed by atoms with van der Waals surface area (Å²) in [7, 11) is 1.76. The van der Waals surface area contributed by atoms with Crippen molar-refractivity contribution < 1.29 is 19.7 Å². The van der Waals surface area contributed by atoms with Crippen LogP contribution in [0.3, 0.4) is 0 Å². The third-order valence-electron chi connectivity index (χ3n) is 9.07. The molecule has 5 heteroatoms. The van der Waals surface area contributed by atoms with Gasteiger partial charge in [-0.2, -0.15) is 0 Å². The van der Waals surface area contributed by atoms with Crippen molar-refractivity contribution >= 4 is 0 Å². The van der Waals surface area contributed by atoms with Crippen LogP contribution in [-0.4, -0.2) is 47.2 Å². The van der Waals surface area contributed by atoms with Crippen LogP contribution in [0, 0.1) is 11.3 Å². The summed E-state index contributed by atoms with van der Waals surface area (Å²) < 4.78 is 12.9. The molecule has 1 saturated carbocycles. The highest BCUT2D eigenvalue weighted by Gasteiger charge is 2.78. The van der Waals surface area contributed by atoms with Gasteiger partial charge < -0.3 is 25.0 Å². The van der Waals surface area contributed by atoms with Crippen LogP contribution < -0.4 is 10.1 Å². The molecule has 6 atom stereocenters. The molecule has 1 aromatic rings. The van der Waals surface area contributed by atoms with Gasteiger partial charge >= 0.3 is 0 Å². The van der Waals surface area contributed by atoms with Gasteiger partial charge in [0.2, 0.25) is 0 Å². The van der Waals surface area contributed by atoms with Gasteiger partial charge in [-0.15, -0.1) is 0 Å². The summed E-state index contributed by atoms with van der Waals surface area (Å²) in [6.45, 7) is 9.18. The molecule has 0 aromatic heterocycles. The Bertz CT molecular complexity index is 974. The molecule has 1 spiro atoms. The van der Waals surface area contributed by atoms with Gasteiger partial charge in [-0.05, 0) is 48.9 Å². The lowest BCUT2D eigenvalue weighted by atomic mass is 9.39. The van der Waals surface area contributed by atoms with E-state index in [2.05, 4.69) is 32.2 Å². The Morgan fingerprint density at radius 1 is 1.24 bits per heavy atom. The Labute approximate surface area is 172 Å². The highest BCUT2D eigenvalue weighted by Crippen LogP contribution is 2.73. The van der Waals surface area contributed by atoms with Gasteiger partial charge in [-0.1, -0.05) is 32.4 Å². The van der Waals surface area contributed by atoms with Crippen molar-refractivity contribution in [1.82, 2.24) is 5.32 Å². The molecule has 5 nitrogen and oxygen atoms in total. The molecular formula is C24H31NO4. The fraction of sp³-hybridized carbons (Fsp3) is 0.667. The van der Waals surface area contributed by atoms with Crippen molar-refractivity contribution in [2.75, 3.05) is 13.7 Å². The van der Waals surface area contributed by atoms with E-state index in [1.165, 1.54) is 22.3 Å². The third-order valence-corrected chi connectivity index (χ3v) is 9.07. The first kappa shape index (κ1) is 18.2. The van der Waals surface area contributed by atoms with Gasteiger partial charge in [0.05, 0.1) is 11.0 Å². The lowest BCUT2D eigenvalue weighted by Gasteiger charge is -2.69. The number of piperidine rings is 1. The third kappa shape index (κ3) is 1.73. The Morgan fingerprint density at radius 2 is 2.00 bits per heavy atom. The van der Waals surface area contributed by atoms with Crippen LogP contribution in [0.1, 0.15) is 51.7 Å². The zero-order chi connectivity index (χ0) is 20.6. The van der Waals surface area contributed by atoms with E-state index in [4.69, 9.17) is 9.47 Å². The highest BCUT2D eigenvalue weighted by molar-refractivity contribution is 5.69. The summed E-state index contributed by atoms with van der Waals surface area (Å²) in [6.07, 6.45) is 2.42. The van der Waals surface area contributed by atoms with Crippen molar-refractivity contribution in [3.8, 4) is 11.5 Å². The standard InChI is InChI=1S/C24H31NO4/c1-21(2,3)22(4,27)19-13-11-24(19,28-5)20-23-8-9-25-14(17(13)23)10-12-6-7-15(26)18(29-20)16(12)23/h6-7,14,19-20,25-27H,8-11H2,1-5H3/t14?,19-,20-,22?,23-,24-/m1/s1. The topological polar surface area (TPSA) is 71.0 Å². The zero-order valence-electron chi connectivity index (χ0n) is 17.9. The van der Waals surface area contributed by atoms with E-state index >= 15 is 0 Å². The summed E-state index contributed by atoms with van der Waals surface area (Å²) in [5.41, 5.74) is 3.14. The second-order valence-electron chi connectivity index (χ2n) is 11.0. The normalized spacial score (nSPS) is 40.7. The number of rotatable bonds is 2. The lowest BCUT2D eigenvalue weighted by molar-refractivity contribution is -0.242. The molecule has 6 aliphatic rings. The minimum Gasteiger partial charge on any atom is -0.504 e. The van der Waals surface area contributed by atoms with Gasteiger partial charge in [0, 0.05) is 31.1 Å². The second kappa shape index (κ2) is 5.01. The van der Waals surface area contributed by atoms with Crippen molar-refractivity contribution in [3.05, 3.63) is 34.4 Å². The predicted molar refractivity (Wildman–Crippen MR) is 109 cm³/mol. The lowest BCUT2D eigenvalue weighted by Crippen LogP contribution is -2.78. The average Bonchev–Trinajstić information content (AvgIpc) is 2.96.